The third-order valence-corrected chi connectivity index (χ3v) is 7.40. The summed E-state index contributed by atoms with van der Waals surface area (Å²) in [7, 11) is 1.57. The van der Waals surface area contributed by atoms with Crippen molar-refractivity contribution in [2.75, 3.05) is 18.8 Å². The van der Waals surface area contributed by atoms with Crippen molar-refractivity contribution in [3.8, 4) is 23.0 Å². The molecule has 5 rings (SSSR count). The maximum absolute atomic E-state index is 13.2. The third kappa shape index (κ3) is 4.99. The number of rotatable bonds is 6. The molecular formula is C25H17BrClNO5S2. The molecule has 1 saturated heterocycles. The number of halogens is 2. The first-order chi connectivity index (χ1) is 16.9. The van der Waals surface area contributed by atoms with Gasteiger partial charge in [-0.3, -0.25) is 9.69 Å². The maximum atomic E-state index is 13.2. The highest BCUT2D eigenvalue weighted by Crippen LogP contribution is 2.42. The van der Waals surface area contributed by atoms with Crippen molar-refractivity contribution in [2.24, 2.45) is 0 Å². The molecule has 0 atom stereocenters. The van der Waals surface area contributed by atoms with Gasteiger partial charge in [-0.1, -0.05) is 47.7 Å². The zero-order valence-corrected chi connectivity index (χ0v) is 22.2. The van der Waals surface area contributed by atoms with Crippen LogP contribution in [0.4, 0.5) is 5.69 Å². The minimum atomic E-state index is -0.211. The Labute approximate surface area is 224 Å². The van der Waals surface area contributed by atoms with Gasteiger partial charge in [0.05, 0.1) is 22.2 Å². The van der Waals surface area contributed by atoms with Gasteiger partial charge in [0.15, 0.2) is 27.3 Å². The molecule has 3 aromatic rings. The Balaban J connectivity index is 1.38. The minimum Gasteiger partial charge on any atom is -0.493 e. The highest BCUT2D eigenvalue weighted by Gasteiger charge is 2.34. The first-order valence-electron chi connectivity index (χ1n) is 10.4. The van der Waals surface area contributed by atoms with E-state index in [2.05, 4.69) is 15.9 Å². The molecule has 0 aromatic heterocycles. The van der Waals surface area contributed by atoms with E-state index in [0.717, 1.165) is 11.1 Å². The van der Waals surface area contributed by atoms with Gasteiger partial charge in [0.1, 0.15) is 6.61 Å². The molecule has 35 heavy (non-hydrogen) atoms. The standard InChI is InChI=1S/C25H17BrClNO5S2/c1-30-21-9-15(8-18(26)23(21)31-12-14-2-4-16(27)5-3-14)10-22-24(29)28(25(34)35-22)17-6-7-19-20(11-17)33-13-32-19/h2-11H,12-13H2,1H3/b22-10+. The lowest BCUT2D eigenvalue weighted by molar-refractivity contribution is -0.113. The molecule has 0 unspecified atom stereocenters. The van der Waals surface area contributed by atoms with Crippen molar-refractivity contribution in [3.63, 3.8) is 0 Å². The molecular weight excluding hydrogens is 574 g/mol. The Bertz CT molecular complexity index is 1360. The predicted octanol–water partition coefficient (Wildman–Crippen LogP) is 6.82. The number of ether oxygens (including phenoxy) is 4. The van der Waals surface area contributed by atoms with Crippen molar-refractivity contribution in [3.05, 3.63) is 80.1 Å². The van der Waals surface area contributed by atoms with Crippen molar-refractivity contribution in [1.82, 2.24) is 0 Å². The topological polar surface area (TPSA) is 57.2 Å². The summed E-state index contributed by atoms with van der Waals surface area (Å²) in [6.45, 7) is 0.507. The van der Waals surface area contributed by atoms with E-state index in [4.69, 9.17) is 42.8 Å². The predicted molar refractivity (Wildman–Crippen MR) is 145 cm³/mol. The summed E-state index contributed by atoms with van der Waals surface area (Å²) in [6, 6.07) is 16.4. The van der Waals surface area contributed by atoms with Gasteiger partial charge in [0.25, 0.3) is 5.91 Å². The zero-order valence-electron chi connectivity index (χ0n) is 18.2. The van der Waals surface area contributed by atoms with Crippen LogP contribution in [0.5, 0.6) is 23.0 Å². The van der Waals surface area contributed by atoms with Gasteiger partial charge in [-0.2, -0.15) is 0 Å². The molecule has 6 nitrogen and oxygen atoms in total. The SMILES string of the molecule is COc1cc(/C=C2/SC(=S)N(c3ccc4c(c3)OCO4)C2=O)cc(Br)c1OCc1ccc(Cl)cc1. The molecule has 1 amide bonds. The average Bonchev–Trinajstić information content (AvgIpc) is 3.42. The van der Waals surface area contributed by atoms with Crippen LogP contribution in [0.1, 0.15) is 11.1 Å². The van der Waals surface area contributed by atoms with Crippen molar-refractivity contribution < 1.29 is 23.7 Å². The highest BCUT2D eigenvalue weighted by molar-refractivity contribution is 9.10. The van der Waals surface area contributed by atoms with Crippen LogP contribution in [0.25, 0.3) is 6.08 Å². The monoisotopic (exact) mass is 589 g/mol. The van der Waals surface area contributed by atoms with Gasteiger partial charge in [0.2, 0.25) is 6.79 Å². The van der Waals surface area contributed by atoms with Crippen molar-refractivity contribution in [2.45, 2.75) is 6.61 Å². The fourth-order valence-electron chi connectivity index (χ4n) is 3.57. The molecule has 0 saturated carbocycles. The number of hydrogen-bond donors (Lipinski definition) is 0. The van der Waals surface area contributed by atoms with Crippen LogP contribution in [-0.2, 0) is 11.4 Å². The fourth-order valence-corrected chi connectivity index (χ4v) is 5.56. The van der Waals surface area contributed by atoms with Gasteiger partial charge in [0, 0.05) is 11.1 Å². The number of carbonyl (C=O) groups is 1. The Hall–Kier alpha value is -2.72. The summed E-state index contributed by atoms with van der Waals surface area (Å²) < 4.78 is 23.5. The Morgan fingerprint density at radius 2 is 1.91 bits per heavy atom. The molecule has 2 aliphatic rings. The molecule has 0 N–H and O–H groups in total. The molecule has 2 heterocycles. The quantitative estimate of drug-likeness (QED) is 0.231. The molecule has 2 aliphatic heterocycles. The average molecular weight is 591 g/mol. The number of anilines is 1. The summed E-state index contributed by atoms with van der Waals surface area (Å²) in [6.07, 6.45) is 1.78. The minimum absolute atomic E-state index is 0.160. The van der Waals surface area contributed by atoms with Crippen LogP contribution in [0.2, 0.25) is 5.02 Å². The van der Waals surface area contributed by atoms with Crippen LogP contribution in [0, 0.1) is 0 Å². The second-order valence-corrected chi connectivity index (χ2v) is 10.5. The summed E-state index contributed by atoms with van der Waals surface area (Å²) in [4.78, 5) is 15.2. The van der Waals surface area contributed by atoms with Crippen LogP contribution in [-0.4, -0.2) is 24.1 Å². The van der Waals surface area contributed by atoms with Gasteiger partial charge in [-0.15, -0.1) is 0 Å². The normalized spacial score (nSPS) is 15.7. The van der Waals surface area contributed by atoms with Crippen LogP contribution < -0.4 is 23.8 Å². The molecule has 0 bridgehead atoms. The van der Waals surface area contributed by atoms with Crippen LogP contribution >= 0.6 is 51.5 Å². The molecule has 1 fully saturated rings. The van der Waals surface area contributed by atoms with E-state index in [1.54, 1.807) is 31.4 Å². The Morgan fingerprint density at radius 1 is 1.14 bits per heavy atom. The van der Waals surface area contributed by atoms with E-state index < -0.39 is 0 Å². The summed E-state index contributed by atoms with van der Waals surface area (Å²) in [5.41, 5.74) is 2.36. The smallest absolute Gasteiger partial charge is 0.270 e. The van der Waals surface area contributed by atoms with Gasteiger partial charge < -0.3 is 18.9 Å². The van der Waals surface area contributed by atoms with Crippen molar-refractivity contribution in [1.29, 1.82) is 0 Å². The molecule has 3 aromatic carbocycles. The maximum Gasteiger partial charge on any atom is 0.270 e. The zero-order chi connectivity index (χ0) is 24.5. The second kappa shape index (κ2) is 10.1. The Kier molecular flexibility index (Phi) is 6.93. The van der Waals surface area contributed by atoms with E-state index in [9.17, 15) is 4.79 Å². The first kappa shape index (κ1) is 24.0. The number of amides is 1. The number of methoxy groups -OCH3 is 1. The molecule has 0 spiro atoms. The summed E-state index contributed by atoms with van der Waals surface area (Å²) >= 11 is 16.3. The third-order valence-electron chi connectivity index (χ3n) is 5.25. The van der Waals surface area contributed by atoms with Crippen LogP contribution in [0.15, 0.2) is 64.0 Å². The second-order valence-electron chi connectivity index (χ2n) is 7.50. The largest absolute Gasteiger partial charge is 0.493 e. The number of thioether (sulfide) groups is 1. The van der Waals surface area contributed by atoms with E-state index in [1.807, 2.05) is 36.4 Å². The first-order valence-corrected chi connectivity index (χ1v) is 12.7. The fraction of sp³-hybridized carbons (Fsp3) is 0.120. The van der Waals surface area contributed by atoms with Gasteiger partial charge >= 0.3 is 0 Å². The lowest BCUT2D eigenvalue weighted by Crippen LogP contribution is -2.27. The number of thiocarbonyl (C=S) groups is 1. The number of fused-ring (bicyclic) bond motifs is 1. The highest BCUT2D eigenvalue weighted by atomic mass is 79.9. The van der Waals surface area contributed by atoms with Crippen LogP contribution in [0.3, 0.4) is 0 Å². The molecule has 178 valence electrons. The number of benzene rings is 3. The number of hydrogen-bond acceptors (Lipinski definition) is 7. The lowest BCUT2D eigenvalue weighted by Gasteiger charge is -2.15. The summed E-state index contributed by atoms with van der Waals surface area (Å²) in [5.74, 6) is 2.11. The van der Waals surface area contributed by atoms with E-state index in [-0.39, 0.29) is 12.7 Å². The van der Waals surface area contributed by atoms with E-state index >= 15 is 0 Å². The summed E-state index contributed by atoms with van der Waals surface area (Å²) in [5, 5.41) is 0.667. The van der Waals surface area contributed by atoms with E-state index in [0.29, 0.717) is 54.0 Å². The van der Waals surface area contributed by atoms with Gasteiger partial charge in [-0.25, -0.2) is 0 Å². The molecule has 10 heteroatoms. The number of nitrogens with zero attached hydrogens (tertiary/aromatic N) is 1. The lowest BCUT2D eigenvalue weighted by atomic mass is 10.1. The number of carbonyl (C=O) groups excluding carboxylic acids is 1. The Morgan fingerprint density at radius 3 is 2.69 bits per heavy atom. The molecule has 0 radical (unpaired) electrons. The molecule has 0 aliphatic carbocycles. The van der Waals surface area contributed by atoms with Gasteiger partial charge in [-0.05, 0) is 69.5 Å². The van der Waals surface area contributed by atoms with Crippen molar-refractivity contribution >= 4 is 73.5 Å². The van der Waals surface area contributed by atoms with E-state index in [1.165, 1.54) is 16.7 Å².